The Kier molecular flexibility index (Phi) is 4.65. The van der Waals surface area contributed by atoms with E-state index in [0.717, 1.165) is 31.8 Å². The molecule has 0 atom stereocenters. The number of piperazine rings is 1. The lowest BCUT2D eigenvalue weighted by Crippen LogP contribution is -2.45. The van der Waals surface area contributed by atoms with Gasteiger partial charge in [0, 0.05) is 31.7 Å². The molecule has 1 aliphatic carbocycles. The molecule has 2 aliphatic rings. The standard InChI is InChI=1S/C21H23ClFN9/c1-30-6-8-31(9-7-30)21-28-19-13(12-2-3-12)10-25-32(19)20(29-21)24-11-16-26-15-5-4-14(22)17(23)18(15)27-16/h4-5,10,12H,2-3,6-9,11H2,1H3,(H,26,27)(H,24,28,29). The number of halogens is 2. The lowest BCUT2D eigenvalue weighted by atomic mass is 10.2. The maximum Gasteiger partial charge on any atom is 0.230 e. The van der Waals surface area contributed by atoms with Crippen molar-refractivity contribution in [2.45, 2.75) is 25.3 Å². The zero-order valence-electron chi connectivity index (χ0n) is 17.6. The molecule has 0 unspecified atom stereocenters. The van der Waals surface area contributed by atoms with Crippen molar-refractivity contribution in [3.05, 3.63) is 40.6 Å². The number of imidazole rings is 1. The third kappa shape index (κ3) is 3.43. The monoisotopic (exact) mass is 455 g/mol. The van der Waals surface area contributed by atoms with E-state index in [-0.39, 0.29) is 10.5 Å². The van der Waals surface area contributed by atoms with Crippen LogP contribution in [0.25, 0.3) is 16.7 Å². The molecule has 32 heavy (non-hydrogen) atoms. The van der Waals surface area contributed by atoms with Crippen molar-refractivity contribution in [2.75, 3.05) is 43.4 Å². The number of nitrogens with one attached hydrogen (secondary N) is 2. The Bertz CT molecular complexity index is 1300. The van der Waals surface area contributed by atoms with Gasteiger partial charge in [-0.05, 0) is 37.9 Å². The zero-order valence-corrected chi connectivity index (χ0v) is 18.4. The van der Waals surface area contributed by atoms with Crippen LogP contribution in [0, 0.1) is 5.82 Å². The number of aromatic amines is 1. The van der Waals surface area contributed by atoms with E-state index in [1.807, 2.05) is 6.20 Å². The summed E-state index contributed by atoms with van der Waals surface area (Å²) in [6.07, 6.45) is 4.25. The topological polar surface area (TPSA) is 90.3 Å². The van der Waals surface area contributed by atoms with Crippen LogP contribution in [0.3, 0.4) is 0 Å². The Morgan fingerprint density at radius 2 is 1.97 bits per heavy atom. The number of nitrogens with zero attached hydrogens (tertiary/aromatic N) is 7. The smallest absolute Gasteiger partial charge is 0.230 e. The molecule has 2 fully saturated rings. The second-order valence-electron chi connectivity index (χ2n) is 8.54. The van der Waals surface area contributed by atoms with Gasteiger partial charge >= 0.3 is 0 Å². The van der Waals surface area contributed by atoms with Crippen LogP contribution >= 0.6 is 11.6 Å². The van der Waals surface area contributed by atoms with Gasteiger partial charge in [-0.25, -0.2) is 9.37 Å². The maximum absolute atomic E-state index is 14.3. The van der Waals surface area contributed by atoms with Crippen molar-refractivity contribution in [3.8, 4) is 0 Å². The van der Waals surface area contributed by atoms with Gasteiger partial charge in [0.2, 0.25) is 11.9 Å². The summed E-state index contributed by atoms with van der Waals surface area (Å²) in [5, 5.41) is 7.93. The van der Waals surface area contributed by atoms with E-state index >= 15 is 0 Å². The first-order valence-corrected chi connectivity index (χ1v) is 11.2. The largest absolute Gasteiger partial charge is 0.347 e. The van der Waals surface area contributed by atoms with E-state index in [0.29, 0.717) is 35.7 Å². The van der Waals surface area contributed by atoms with Crippen molar-refractivity contribution in [1.82, 2.24) is 34.4 Å². The van der Waals surface area contributed by atoms with Crippen molar-refractivity contribution in [1.29, 1.82) is 0 Å². The van der Waals surface area contributed by atoms with Crippen LogP contribution in [0.15, 0.2) is 18.3 Å². The van der Waals surface area contributed by atoms with Crippen LogP contribution in [0.2, 0.25) is 5.02 Å². The van der Waals surface area contributed by atoms with Crippen LogP contribution in [-0.2, 0) is 6.54 Å². The molecule has 1 aromatic carbocycles. The summed E-state index contributed by atoms with van der Waals surface area (Å²) >= 11 is 5.89. The highest BCUT2D eigenvalue weighted by atomic mass is 35.5. The minimum absolute atomic E-state index is 0.0574. The Labute approximate surface area is 188 Å². The fourth-order valence-electron chi connectivity index (χ4n) is 4.14. The highest BCUT2D eigenvalue weighted by Gasteiger charge is 2.29. The van der Waals surface area contributed by atoms with Crippen LogP contribution in [0.4, 0.5) is 16.3 Å². The summed E-state index contributed by atoms with van der Waals surface area (Å²) < 4.78 is 16.0. The molecule has 9 nitrogen and oxygen atoms in total. The van der Waals surface area contributed by atoms with Crippen LogP contribution in [0.5, 0.6) is 0 Å². The molecule has 4 aromatic rings. The predicted octanol–water partition coefficient (Wildman–Crippen LogP) is 3.03. The van der Waals surface area contributed by atoms with E-state index in [1.54, 1.807) is 10.6 Å². The lowest BCUT2D eigenvalue weighted by Gasteiger charge is -2.32. The van der Waals surface area contributed by atoms with Gasteiger partial charge in [0.25, 0.3) is 0 Å². The van der Waals surface area contributed by atoms with E-state index in [2.05, 4.69) is 37.2 Å². The van der Waals surface area contributed by atoms with E-state index < -0.39 is 5.82 Å². The number of anilines is 2. The third-order valence-electron chi connectivity index (χ3n) is 6.20. The highest BCUT2D eigenvalue weighted by molar-refractivity contribution is 6.31. The van der Waals surface area contributed by atoms with Gasteiger partial charge in [-0.2, -0.15) is 19.6 Å². The minimum Gasteiger partial charge on any atom is -0.347 e. The summed E-state index contributed by atoms with van der Waals surface area (Å²) in [4.78, 5) is 21.7. The SMILES string of the molecule is CN1CCN(c2nc(NCc3nc4c(F)c(Cl)ccc4[nH]3)n3ncc(C4CC4)c3n2)CC1. The van der Waals surface area contributed by atoms with Gasteiger partial charge in [0.1, 0.15) is 11.3 Å². The normalized spacial score (nSPS) is 17.5. The molecule has 0 radical (unpaired) electrons. The second-order valence-corrected chi connectivity index (χ2v) is 8.95. The number of likely N-dealkylation sites (N-methyl/N-ethyl adjacent to an activating group) is 1. The first kappa shape index (κ1) is 19.7. The van der Waals surface area contributed by atoms with Crippen molar-refractivity contribution >= 4 is 40.2 Å². The number of H-pyrrole nitrogens is 1. The molecule has 0 amide bonds. The van der Waals surface area contributed by atoms with Crippen LogP contribution in [0.1, 0.15) is 30.1 Å². The molecule has 0 bridgehead atoms. The molecule has 166 valence electrons. The molecule has 1 saturated heterocycles. The quantitative estimate of drug-likeness (QED) is 0.478. The Hall–Kier alpha value is -2.98. The van der Waals surface area contributed by atoms with E-state index in [4.69, 9.17) is 21.6 Å². The summed E-state index contributed by atoms with van der Waals surface area (Å²) in [6.45, 7) is 4.03. The van der Waals surface area contributed by atoms with E-state index in [1.165, 1.54) is 24.5 Å². The molecule has 6 rings (SSSR count). The Balaban J connectivity index is 1.34. The molecule has 1 aliphatic heterocycles. The number of rotatable bonds is 5. The van der Waals surface area contributed by atoms with Crippen molar-refractivity contribution in [2.24, 2.45) is 0 Å². The van der Waals surface area contributed by atoms with Crippen LogP contribution < -0.4 is 10.2 Å². The first-order chi connectivity index (χ1) is 15.6. The molecule has 0 spiro atoms. The average molecular weight is 456 g/mol. The first-order valence-electron chi connectivity index (χ1n) is 10.8. The number of aromatic nitrogens is 6. The van der Waals surface area contributed by atoms with Gasteiger partial charge in [0.15, 0.2) is 11.5 Å². The van der Waals surface area contributed by atoms with Gasteiger partial charge < -0.3 is 20.1 Å². The van der Waals surface area contributed by atoms with Crippen LogP contribution in [-0.4, -0.2) is 67.7 Å². The summed E-state index contributed by atoms with van der Waals surface area (Å²) in [5.74, 6) is 1.89. The van der Waals surface area contributed by atoms with Gasteiger partial charge in [-0.15, -0.1) is 0 Å². The second kappa shape index (κ2) is 7.56. The number of hydrogen-bond donors (Lipinski definition) is 2. The van der Waals surface area contributed by atoms with Crippen molar-refractivity contribution < 1.29 is 4.39 Å². The molecule has 3 aromatic heterocycles. The molecule has 2 N–H and O–H groups in total. The number of hydrogen-bond acceptors (Lipinski definition) is 7. The van der Waals surface area contributed by atoms with Crippen molar-refractivity contribution in [3.63, 3.8) is 0 Å². The summed E-state index contributed by atoms with van der Waals surface area (Å²) in [6, 6.07) is 3.25. The third-order valence-corrected chi connectivity index (χ3v) is 6.49. The molecular weight excluding hydrogens is 433 g/mol. The zero-order chi connectivity index (χ0) is 21.8. The fraction of sp³-hybridized carbons (Fsp3) is 0.429. The minimum atomic E-state index is -0.519. The number of fused-ring (bicyclic) bond motifs is 2. The fourth-order valence-corrected chi connectivity index (χ4v) is 4.30. The molecule has 11 heteroatoms. The molecule has 1 saturated carbocycles. The predicted molar refractivity (Wildman–Crippen MR) is 121 cm³/mol. The van der Waals surface area contributed by atoms with Gasteiger partial charge in [-0.3, -0.25) is 0 Å². The van der Waals surface area contributed by atoms with Gasteiger partial charge in [0.05, 0.1) is 23.3 Å². The summed E-state index contributed by atoms with van der Waals surface area (Å²) in [7, 11) is 2.12. The van der Waals surface area contributed by atoms with E-state index in [9.17, 15) is 4.39 Å². The molecular formula is C21H23ClFN9. The van der Waals surface area contributed by atoms with Gasteiger partial charge in [-0.1, -0.05) is 11.6 Å². The molecule has 4 heterocycles. The number of benzene rings is 1. The highest BCUT2D eigenvalue weighted by Crippen LogP contribution is 2.42. The Morgan fingerprint density at radius 1 is 1.16 bits per heavy atom. The average Bonchev–Trinajstić information content (AvgIpc) is 3.40. The summed E-state index contributed by atoms with van der Waals surface area (Å²) in [5.41, 5.74) is 2.85. The maximum atomic E-state index is 14.3. The Morgan fingerprint density at radius 3 is 2.75 bits per heavy atom. The lowest BCUT2D eigenvalue weighted by molar-refractivity contribution is 0.311.